The molecule has 17 heavy (non-hydrogen) atoms. The molecule has 0 aromatic heterocycles. The van der Waals surface area contributed by atoms with Crippen LogP contribution >= 0.6 is 0 Å². The smallest absolute Gasteiger partial charge is 0.261 e. The molecule has 1 aromatic rings. The molecule has 2 rings (SSSR count). The number of hydrogen-bond donors (Lipinski definition) is 1. The predicted molar refractivity (Wildman–Crippen MR) is 60.5 cm³/mol. The predicted octanol–water partition coefficient (Wildman–Crippen LogP) is 0.501. The largest absolute Gasteiger partial charge is 0.369 e. The molecule has 2 N–H and O–H groups in total. The highest BCUT2D eigenvalue weighted by molar-refractivity contribution is 6.22. The molecule has 1 aromatic carbocycles. The molecule has 0 saturated heterocycles. The van der Waals surface area contributed by atoms with E-state index >= 15 is 0 Å². The number of imide groups is 1. The summed E-state index contributed by atoms with van der Waals surface area (Å²) in [7, 11) is 1.42. The van der Waals surface area contributed by atoms with Crippen molar-refractivity contribution in [3.8, 4) is 0 Å². The molecule has 1 atom stereocenters. The maximum Gasteiger partial charge on any atom is 0.261 e. The van der Waals surface area contributed by atoms with Crippen molar-refractivity contribution in [2.75, 3.05) is 7.05 Å². The summed E-state index contributed by atoms with van der Waals surface area (Å²) in [5.74, 6) is -1.83. The molecule has 0 bridgehead atoms. The van der Waals surface area contributed by atoms with Crippen LogP contribution in [0.4, 0.5) is 0 Å². The lowest BCUT2D eigenvalue weighted by Gasteiger charge is -2.11. The summed E-state index contributed by atoms with van der Waals surface area (Å²) in [5.41, 5.74) is 6.37. The molecule has 1 aliphatic rings. The zero-order valence-electron chi connectivity index (χ0n) is 9.56. The van der Waals surface area contributed by atoms with Crippen molar-refractivity contribution in [3.05, 3.63) is 34.9 Å². The molecule has 0 spiro atoms. The van der Waals surface area contributed by atoms with Gasteiger partial charge < -0.3 is 5.73 Å². The fourth-order valence-electron chi connectivity index (χ4n) is 1.94. The molecular weight excluding hydrogens is 220 g/mol. The first kappa shape index (κ1) is 11.3. The summed E-state index contributed by atoms with van der Waals surface area (Å²) < 4.78 is 0. The first-order valence-electron chi connectivity index (χ1n) is 5.19. The summed E-state index contributed by atoms with van der Waals surface area (Å²) in [4.78, 5) is 35.9. The van der Waals surface area contributed by atoms with Gasteiger partial charge in [0.15, 0.2) is 0 Å². The second kappa shape index (κ2) is 3.69. The Hall–Kier alpha value is -2.17. The second-order valence-electron chi connectivity index (χ2n) is 4.06. The summed E-state index contributed by atoms with van der Waals surface area (Å²) in [6.07, 6.45) is 0. The Balaban J connectivity index is 2.64. The van der Waals surface area contributed by atoms with Crippen molar-refractivity contribution in [2.24, 2.45) is 5.73 Å². The van der Waals surface area contributed by atoms with Crippen molar-refractivity contribution in [2.45, 2.75) is 12.8 Å². The quantitative estimate of drug-likeness (QED) is 0.754. The molecule has 1 aliphatic heterocycles. The van der Waals surface area contributed by atoms with Gasteiger partial charge >= 0.3 is 0 Å². The van der Waals surface area contributed by atoms with Crippen LogP contribution in [0, 0.1) is 0 Å². The summed E-state index contributed by atoms with van der Waals surface area (Å²) in [5, 5.41) is 0. The van der Waals surface area contributed by atoms with Crippen LogP contribution in [0.5, 0.6) is 0 Å². The van der Waals surface area contributed by atoms with Gasteiger partial charge in [0, 0.05) is 7.05 Å². The Labute approximate surface area is 98.2 Å². The number of carbonyl (C=O) groups excluding carboxylic acids is 3. The van der Waals surface area contributed by atoms with Crippen LogP contribution in [0.15, 0.2) is 18.2 Å². The number of fused-ring (bicyclic) bond motifs is 1. The maximum atomic E-state index is 11.9. The van der Waals surface area contributed by atoms with E-state index in [0.717, 1.165) is 4.90 Å². The zero-order chi connectivity index (χ0) is 12.7. The van der Waals surface area contributed by atoms with Gasteiger partial charge in [0.1, 0.15) is 0 Å². The Kier molecular flexibility index (Phi) is 2.46. The van der Waals surface area contributed by atoms with E-state index in [9.17, 15) is 14.4 Å². The Morgan fingerprint density at radius 3 is 2.53 bits per heavy atom. The van der Waals surface area contributed by atoms with E-state index in [1.807, 2.05) is 0 Å². The van der Waals surface area contributed by atoms with Gasteiger partial charge in [-0.25, -0.2) is 0 Å². The standard InChI is InChI=1S/C12H12N2O3/c1-6(10(13)15)7-4-3-5-8-9(7)12(17)14(2)11(8)16/h3-6H,1-2H3,(H2,13,15). The molecular formula is C12H12N2O3. The van der Waals surface area contributed by atoms with Gasteiger partial charge in [0.05, 0.1) is 17.0 Å². The molecule has 0 aliphatic carbocycles. The van der Waals surface area contributed by atoms with Crippen molar-refractivity contribution in [3.63, 3.8) is 0 Å². The Bertz CT molecular complexity index is 537. The number of carbonyl (C=O) groups is 3. The molecule has 5 heteroatoms. The van der Waals surface area contributed by atoms with E-state index in [4.69, 9.17) is 5.73 Å². The first-order chi connectivity index (χ1) is 7.95. The number of amides is 3. The van der Waals surface area contributed by atoms with Crippen LogP contribution in [0.3, 0.4) is 0 Å². The lowest BCUT2D eigenvalue weighted by molar-refractivity contribution is -0.119. The zero-order valence-corrected chi connectivity index (χ0v) is 9.56. The van der Waals surface area contributed by atoms with Crippen LogP contribution in [-0.2, 0) is 4.79 Å². The monoisotopic (exact) mass is 232 g/mol. The number of primary amides is 1. The van der Waals surface area contributed by atoms with E-state index < -0.39 is 11.8 Å². The van der Waals surface area contributed by atoms with E-state index in [1.54, 1.807) is 25.1 Å². The summed E-state index contributed by atoms with van der Waals surface area (Å²) in [6.45, 7) is 1.62. The first-order valence-corrected chi connectivity index (χ1v) is 5.19. The molecule has 0 radical (unpaired) electrons. The average molecular weight is 232 g/mol. The van der Waals surface area contributed by atoms with Crippen LogP contribution in [0.2, 0.25) is 0 Å². The minimum Gasteiger partial charge on any atom is -0.369 e. The molecule has 88 valence electrons. The van der Waals surface area contributed by atoms with E-state index in [2.05, 4.69) is 0 Å². The van der Waals surface area contributed by atoms with E-state index in [1.165, 1.54) is 7.05 Å². The molecule has 0 saturated carbocycles. The molecule has 1 unspecified atom stereocenters. The highest BCUT2D eigenvalue weighted by Gasteiger charge is 2.36. The second-order valence-corrected chi connectivity index (χ2v) is 4.06. The number of rotatable bonds is 2. The van der Waals surface area contributed by atoms with E-state index in [0.29, 0.717) is 16.7 Å². The lowest BCUT2D eigenvalue weighted by atomic mass is 9.93. The van der Waals surface area contributed by atoms with Crippen molar-refractivity contribution in [1.82, 2.24) is 4.90 Å². The number of nitrogens with two attached hydrogens (primary N) is 1. The molecule has 3 amide bonds. The SMILES string of the molecule is CC(C(N)=O)c1cccc2c1C(=O)N(C)C2=O. The molecule has 1 heterocycles. The van der Waals surface area contributed by atoms with Crippen molar-refractivity contribution < 1.29 is 14.4 Å². The van der Waals surface area contributed by atoms with Crippen LogP contribution in [0.1, 0.15) is 39.1 Å². The topological polar surface area (TPSA) is 80.5 Å². The number of nitrogens with zero attached hydrogens (tertiary/aromatic N) is 1. The summed E-state index contributed by atoms with van der Waals surface area (Å²) in [6, 6.07) is 4.88. The lowest BCUT2D eigenvalue weighted by Crippen LogP contribution is -2.25. The molecule has 0 fully saturated rings. The average Bonchev–Trinajstić information content (AvgIpc) is 2.53. The van der Waals surface area contributed by atoms with Gasteiger partial charge in [-0.3, -0.25) is 19.3 Å². The Morgan fingerprint density at radius 1 is 1.29 bits per heavy atom. The number of hydrogen-bond acceptors (Lipinski definition) is 3. The van der Waals surface area contributed by atoms with Crippen LogP contribution < -0.4 is 5.73 Å². The van der Waals surface area contributed by atoms with Gasteiger partial charge in [-0.15, -0.1) is 0 Å². The van der Waals surface area contributed by atoms with Gasteiger partial charge in [0.2, 0.25) is 5.91 Å². The third kappa shape index (κ3) is 1.51. The van der Waals surface area contributed by atoms with Gasteiger partial charge in [-0.1, -0.05) is 12.1 Å². The highest BCUT2D eigenvalue weighted by atomic mass is 16.2. The van der Waals surface area contributed by atoms with Crippen molar-refractivity contribution >= 4 is 17.7 Å². The van der Waals surface area contributed by atoms with Crippen molar-refractivity contribution in [1.29, 1.82) is 0 Å². The third-order valence-electron chi connectivity index (χ3n) is 3.04. The maximum absolute atomic E-state index is 11.9. The fraction of sp³-hybridized carbons (Fsp3) is 0.250. The van der Waals surface area contributed by atoms with Gasteiger partial charge in [0.25, 0.3) is 11.8 Å². The third-order valence-corrected chi connectivity index (χ3v) is 3.04. The van der Waals surface area contributed by atoms with Crippen LogP contribution in [0.25, 0.3) is 0 Å². The van der Waals surface area contributed by atoms with Crippen LogP contribution in [-0.4, -0.2) is 29.7 Å². The minimum atomic E-state index is -0.590. The fourth-order valence-corrected chi connectivity index (χ4v) is 1.94. The van der Waals surface area contributed by atoms with Gasteiger partial charge in [-0.2, -0.15) is 0 Å². The Morgan fingerprint density at radius 2 is 1.94 bits per heavy atom. The normalized spacial score (nSPS) is 16.0. The number of benzene rings is 1. The molecule has 5 nitrogen and oxygen atoms in total. The summed E-state index contributed by atoms with van der Waals surface area (Å²) >= 11 is 0. The van der Waals surface area contributed by atoms with E-state index in [-0.39, 0.29) is 11.8 Å². The minimum absolute atomic E-state index is 0.298. The van der Waals surface area contributed by atoms with Gasteiger partial charge in [-0.05, 0) is 18.6 Å². The highest BCUT2D eigenvalue weighted by Crippen LogP contribution is 2.29.